The van der Waals surface area contributed by atoms with E-state index in [0.717, 1.165) is 0 Å². The van der Waals surface area contributed by atoms with Gasteiger partial charge in [-0.3, -0.25) is 9.78 Å². The molecule has 0 spiro atoms. The minimum Gasteiger partial charge on any atom is -0.462 e. The Labute approximate surface area is 149 Å². The summed E-state index contributed by atoms with van der Waals surface area (Å²) >= 11 is 0. The summed E-state index contributed by atoms with van der Waals surface area (Å²) < 4.78 is 9.91. The van der Waals surface area contributed by atoms with Crippen LogP contribution in [-0.2, 0) is 4.74 Å². The first kappa shape index (κ1) is 17.2. The quantitative estimate of drug-likeness (QED) is 0.677. The lowest BCUT2D eigenvalue weighted by Crippen LogP contribution is -2.15. The lowest BCUT2D eigenvalue weighted by atomic mass is 10.1. The van der Waals surface area contributed by atoms with E-state index in [2.05, 4.69) is 15.5 Å². The predicted octanol–water partition coefficient (Wildman–Crippen LogP) is 2.75. The molecule has 0 aliphatic carbocycles. The molecule has 2 heterocycles. The zero-order chi connectivity index (χ0) is 18.5. The molecule has 0 radical (unpaired) electrons. The Morgan fingerprint density at radius 2 is 2.08 bits per heavy atom. The molecule has 0 aliphatic heterocycles. The van der Waals surface area contributed by atoms with Crippen LogP contribution in [0.25, 0.3) is 11.4 Å². The summed E-state index contributed by atoms with van der Waals surface area (Å²) in [6.07, 6.45) is 1.57. The number of carbonyl (C=O) groups excluding carboxylic acids is 2. The number of amides is 1. The van der Waals surface area contributed by atoms with Crippen LogP contribution in [0.1, 0.15) is 27.6 Å². The van der Waals surface area contributed by atoms with E-state index in [1.165, 1.54) is 6.07 Å². The van der Waals surface area contributed by atoms with Gasteiger partial charge in [0.2, 0.25) is 5.88 Å². The van der Waals surface area contributed by atoms with Gasteiger partial charge in [0.25, 0.3) is 5.91 Å². The number of carbonyl (C=O) groups is 2. The number of anilines is 2. The molecule has 2 aromatic heterocycles. The van der Waals surface area contributed by atoms with Gasteiger partial charge in [-0.2, -0.15) is 0 Å². The van der Waals surface area contributed by atoms with Crippen LogP contribution in [0.2, 0.25) is 0 Å². The van der Waals surface area contributed by atoms with Crippen LogP contribution in [0, 0.1) is 0 Å². The van der Waals surface area contributed by atoms with E-state index in [-0.39, 0.29) is 23.7 Å². The van der Waals surface area contributed by atoms with Crippen molar-refractivity contribution in [1.29, 1.82) is 0 Å². The van der Waals surface area contributed by atoms with Crippen molar-refractivity contribution in [3.05, 3.63) is 59.8 Å². The number of nitrogens with two attached hydrogens (primary N) is 1. The zero-order valence-electron chi connectivity index (χ0n) is 13.9. The van der Waals surface area contributed by atoms with Gasteiger partial charge >= 0.3 is 5.97 Å². The molecule has 3 aromatic rings. The van der Waals surface area contributed by atoms with Gasteiger partial charge in [-0.25, -0.2) is 4.79 Å². The topological polar surface area (TPSA) is 120 Å². The highest BCUT2D eigenvalue weighted by Crippen LogP contribution is 2.26. The van der Waals surface area contributed by atoms with Gasteiger partial charge < -0.3 is 20.3 Å². The highest BCUT2D eigenvalue weighted by atomic mass is 16.5. The molecule has 0 saturated carbocycles. The molecular formula is C18H16N4O4. The van der Waals surface area contributed by atoms with Crippen LogP contribution in [0.5, 0.6) is 0 Å². The maximum Gasteiger partial charge on any atom is 0.338 e. The van der Waals surface area contributed by atoms with Crippen LogP contribution in [0.3, 0.4) is 0 Å². The second kappa shape index (κ2) is 7.47. The summed E-state index contributed by atoms with van der Waals surface area (Å²) in [6.45, 7) is 1.98. The van der Waals surface area contributed by atoms with Crippen LogP contribution in [0.15, 0.2) is 53.2 Å². The van der Waals surface area contributed by atoms with Crippen molar-refractivity contribution in [1.82, 2.24) is 10.1 Å². The van der Waals surface area contributed by atoms with E-state index < -0.39 is 11.9 Å². The minimum atomic E-state index is -0.523. The summed E-state index contributed by atoms with van der Waals surface area (Å²) in [7, 11) is 0. The van der Waals surface area contributed by atoms with Crippen molar-refractivity contribution < 1.29 is 18.8 Å². The molecule has 132 valence electrons. The number of nitrogens with one attached hydrogen (secondary N) is 1. The minimum absolute atomic E-state index is 0.0743. The summed E-state index contributed by atoms with van der Waals surface area (Å²) in [4.78, 5) is 28.6. The standard InChI is InChI=1S/C18H16N4O4/c1-2-25-18(24)11-6-5-7-12(10-11)21-17(23)14-15(22-26-16(14)19)13-8-3-4-9-20-13/h3-10H,2,19H2,1H3,(H,21,23). The fourth-order valence-electron chi connectivity index (χ4n) is 2.33. The third-order valence-corrected chi connectivity index (χ3v) is 3.48. The van der Waals surface area contributed by atoms with Crippen molar-refractivity contribution in [2.24, 2.45) is 0 Å². The van der Waals surface area contributed by atoms with Crippen molar-refractivity contribution in [3.63, 3.8) is 0 Å². The summed E-state index contributed by atoms with van der Waals surface area (Å²) in [5.74, 6) is -1.11. The van der Waals surface area contributed by atoms with Gasteiger partial charge in [0.15, 0.2) is 0 Å². The highest BCUT2D eigenvalue weighted by molar-refractivity contribution is 6.11. The van der Waals surface area contributed by atoms with Gasteiger partial charge in [0.05, 0.1) is 17.9 Å². The van der Waals surface area contributed by atoms with Gasteiger partial charge in [0.1, 0.15) is 11.3 Å². The number of nitrogen functional groups attached to an aromatic ring is 1. The molecule has 3 rings (SSSR count). The van der Waals surface area contributed by atoms with E-state index >= 15 is 0 Å². The molecule has 0 aliphatic rings. The predicted molar refractivity (Wildman–Crippen MR) is 94.5 cm³/mol. The SMILES string of the molecule is CCOC(=O)c1cccc(NC(=O)c2c(-c3ccccn3)noc2N)c1. The Morgan fingerprint density at radius 3 is 2.81 bits per heavy atom. The first-order valence-corrected chi connectivity index (χ1v) is 7.85. The monoisotopic (exact) mass is 352 g/mol. The Morgan fingerprint density at radius 1 is 1.23 bits per heavy atom. The maximum atomic E-state index is 12.7. The number of ether oxygens (including phenoxy) is 1. The molecule has 8 nitrogen and oxygen atoms in total. The number of hydrogen-bond donors (Lipinski definition) is 2. The van der Waals surface area contributed by atoms with Gasteiger partial charge in [-0.05, 0) is 37.3 Å². The van der Waals surface area contributed by atoms with Crippen molar-refractivity contribution in [2.45, 2.75) is 6.92 Å². The summed E-state index contributed by atoms with van der Waals surface area (Å²) in [6, 6.07) is 11.6. The molecule has 0 atom stereocenters. The Bertz CT molecular complexity index is 937. The summed E-state index contributed by atoms with van der Waals surface area (Å²) in [5, 5.41) is 6.50. The molecule has 1 aromatic carbocycles. The maximum absolute atomic E-state index is 12.7. The van der Waals surface area contributed by atoms with E-state index in [1.807, 2.05) is 0 Å². The average molecular weight is 352 g/mol. The van der Waals surface area contributed by atoms with Crippen LogP contribution in [-0.4, -0.2) is 28.6 Å². The second-order valence-corrected chi connectivity index (χ2v) is 5.24. The molecular weight excluding hydrogens is 336 g/mol. The number of rotatable bonds is 5. The van der Waals surface area contributed by atoms with E-state index in [0.29, 0.717) is 16.9 Å². The molecule has 0 unspecified atom stereocenters. The van der Waals surface area contributed by atoms with Gasteiger partial charge in [-0.1, -0.05) is 17.3 Å². The average Bonchev–Trinajstić information content (AvgIpc) is 3.04. The van der Waals surface area contributed by atoms with Crippen LogP contribution in [0.4, 0.5) is 11.6 Å². The van der Waals surface area contributed by atoms with Crippen molar-refractivity contribution in [3.8, 4) is 11.4 Å². The zero-order valence-corrected chi connectivity index (χ0v) is 13.9. The van der Waals surface area contributed by atoms with Gasteiger partial charge in [0, 0.05) is 11.9 Å². The number of aromatic nitrogens is 2. The molecule has 0 fully saturated rings. The Hall–Kier alpha value is -3.68. The number of hydrogen-bond acceptors (Lipinski definition) is 7. The first-order chi connectivity index (χ1) is 12.6. The lowest BCUT2D eigenvalue weighted by molar-refractivity contribution is 0.0526. The van der Waals surface area contributed by atoms with E-state index in [1.54, 1.807) is 49.5 Å². The lowest BCUT2D eigenvalue weighted by Gasteiger charge is -2.07. The largest absolute Gasteiger partial charge is 0.462 e. The van der Waals surface area contributed by atoms with E-state index in [9.17, 15) is 9.59 Å². The molecule has 0 saturated heterocycles. The van der Waals surface area contributed by atoms with Crippen LogP contribution >= 0.6 is 0 Å². The fraction of sp³-hybridized carbons (Fsp3) is 0.111. The smallest absolute Gasteiger partial charge is 0.338 e. The molecule has 26 heavy (non-hydrogen) atoms. The first-order valence-electron chi connectivity index (χ1n) is 7.85. The second-order valence-electron chi connectivity index (χ2n) is 5.24. The Balaban J connectivity index is 1.87. The number of nitrogens with zero attached hydrogens (tertiary/aromatic N) is 2. The third-order valence-electron chi connectivity index (χ3n) is 3.48. The fourth-order valence-corrected chi connectivity index (χ4v) is 2.33. The molecule has 0 bridgehead atoms. The number of pyridine rings is 1. The van der Waals surface area contributed by atoms with Crippen LogP contribution < -0.4 is 11.1 Å². The normalized spacial score (nSPS) is 10.3. The third kappa shape index (κ3) is 3.54. The molecule has 1 amide bonds. The van der Waals surface area contributed by atoms with Crippen molar-refractivity contribution >= 4 is 23.4 Å². The van der Waals surface area contributed by atoms with Crippen molar-refractivity contribution in [2.75, 3.05) is 17.7 Å². The summed E-state index contributed by atoms with van der Waals surface area (Å²) in [5.41, 5.74) is 7.27. The van der Waals surface area contributed by atoms with E-state index in [4.69, 9.17) is 15.0 Å². The Kier molecular flexibility index (Phi) is 4.93. The van der Waals surface area contributed by atoms with Gasteiger partial charge in [-0.15, -0.1) is 0 Å². The molecule has 8 heteroatoms. The number of benzene rings is 1. The molecule has 3 N–H and O–H groups in total. The highest BCUT2D eigenvalue weighted by Gasteiger charge is 2.23. The number of esters is 1.